The zero-order valence-electron chi connectivity index (χ0n) is 11.6. The quantitative estimate of drug-likeness (QED) is 0.785. The first kappa shape index (κ1) is 15.3. The first-order valence-corrected chi connectivity index (χ1v) is 7.28. The van der Waals surface area contributed by atoms with Gasteiger partial charge in [-0.2, -0.15) is 0 Å². The number of carbonyl (C=O) groups is 1. The fourth-order valence-corrected chi connectivity index (χ4v) is 1.93. The molecule has 0 fully saturated rings. The van der Waals surface area contributed by atoms with Crippen LogP contribution in [0.1, 0.15) is 6.92 Å². The zero-order valence-corrected chi connectivity index (χ0v) is 13.2. The van der Waals surface area contributed by atoms with Crippen LogP contribution in [-0.4, -0.2) is 24.0 Å². The average Bonchev–Trinajstić information content (AvgIpc) is 2.45. The third-order valence-electron chi connectivity index (χ3n) is 2.56. The molecule has 0 saturated heterocycles. The topological polar surface area (TPSA) is 63.2 Å². The summed E-state index contributed by atoms with van der Waals surface area (Å²) in [5, 5.41) is 5.88. The normalized spacial score (nSPS) is 10.0. The Kier molecular flexibility index (Phi) is 5.57. The maximum absolute atomic E-state index is 11.0. The van der Waals surface area contributed by atoms with Gasteiger partial charge in [0.05, 0.1) is 6.54 Å². The van der Waals surface area contributed by atoms with Gasteiger partial charge in [-0.3, -0.25) is 4.79 Å². The Morgan fingerprint density at radius 1 is 1.33 bits per heavy atom. The Labute approximate surface area is 131 Å². The van der Waals surface area contributed by atoms with Gasteiger partial charge in [-0.25, -0.2) is 4.98 Å². The third kappa shape index (κ3) is 5.43. The van der Waals surface area contributed by atoms with Gasteiger partial charge in [-0.1, -0.05) is 6.07 Å². The van der Waals surface area contributed by atoms with Crippen molar-refractivity contribution in [3.05, 3.63) is 47.1 Å². The van der Waals surface area contributed by atoms with Gasteiger partial charge in [-0.05, 0) is 40.2 Å². The van der Waals surface area contributed by atoms with E-state index in [-0.39, 0.29) is 5.91 Å². The van der Waals surface area contributed by atoms with Gasteiger partial charge in [0.15, 0.2) is 0 Å². The molecule has 1 amide bonds. The van der Waals surface area contributed by atoms with E-state index < -0.39 is 0 Å². The number of nitrogens with one attached hydrogen (secondary N) is 2. The molecule has 0 aliphatic carbocycles. The highest BCUT2D eigenvalue weighted by Gasteiger charge is 1.99. The summed E-state index contributed by atoms with van der Waals surface area (Å²) in [4.78, 5) is 15.2. The average molecular weight is 350 g/mol. The molecule has 0 aliphatic rings. The fraction of sp³-hybridized carbons (Fsp3) is 0.200. The number of halogens is 1. The molecule has 110 valence electrons. The van der Waals surface area contributed by atoms with E-state index in [0.29, 0.717) is 18.9 Å². The monoisotopic (exact) mass is 349 g/mol. The molecule has 1 aromatic heterocycles. The van der Waals surface area contributed by atoms with Crippen molar-refractivity contribution >= 4 is 33.3 Å². The van der Waals surface area contributed by atoms with Crippen LogP contribution in [0, 0.1) is 0 Å². The number of anilines is 2. The summed E-state index contributed by atoms with van der Waals surface area (Å²) >= 11 is 3.34. The molecule has 21 heavy (non-hydrogen) atoms. The van der Waals surface area contributed by atoms with Crippen LogP contribution in [0.3, 0.4) is 0 Å². The first-order valence-electron chi connectivity index (χ1n) is 6.49. The van der Waals surface area contributed by atoms with E-state index in [9.17, 15) is 4.79 Å². The maximum Gasteiger partial charge on any atom is 0.221 e. The van der Waals surface area contributed by atoms with E-state index in [0.717, 1.165) is 16.0 Å². The predicted octanol–water partition coefficient (Wildman–Crippen LogP) is 3.29. The number of hydrogen-bond acceptors (Lipinski definition) is 4. The largest absolute Gasteiger partial charge is 0.492 e. The molecule has 0 bridgehead atoms. The molecule has 1 heterocycles. The van der Waals surface area contributed by atoms with Crippen molar-refractivity contribution in [3.63, 3.8) is 0 Å². The Hall–Kier alpha value is -2.08. The maximum atomic E-state index is 11.0. The summed E-state index contributed by atoms with van der Waals surface area (Å²) in [6.07, 6.45) is 1.74. The Balaban J connectivity index is 1.78. The van der Waals surface area contributed by atoms with Crippen molar-refractivity contribution < 1.29 is 9.53 Å². The number of pyridine rings is 1. The molecule has 0 atom stereocenters. The van der Waals surface area contributed by atoms with Crippen molar-refractivity contribution in [2.75, 3.05) is 23.8 Å². The Morgan fingerprint density at radius 3 is 2.90 bits per heavy atom. The summed E-state index contributed by atoms with van der Waals surface area (Å²) in [5.41, 5.74) is 0.725. The van der Waals surface area contributed by atoms with Crippen LogP contribution in [0.5, 0.6) is 5.75 Å². The molecule has 2 rings (SSSR count). The van der Waals surface area contributed by atoms with E-state index in [1.54, 1.807) is 12.3 Å². The van der Waals surface area contributed by atoms with Gasteiger partial charge in [0.25, 0.3) is 0 Å². The van der Waals surface area contributed by atoms with Crippen LogP contribution in [0.15, 0.2) is 47.1 Å². The first-order chi connectivity index (χ1) is 10.1. The molecular formula is C15H16BrN3O2. The summed E-state index contributed by atoms with van der Waals surface area (Å²) < 4.78 is 6.57. The number of amides is 1. The highest BCUT2D eigenvalue weighted by molar-refractivity contribution is 9.10. The lowest BCUT2D eigenvalue weighted by molar-refractivity contribution is -0.114. The van der Waals surface area contributed by atoms with E-state index in [2.05, 4.69) is 31.5 Å². The lowest BCUT2D eigenvalue weighted by Crippen LogP contribution is -2.12. The van der Waals surface area contributed by atoms with Gasteiger partial charge in [-0.15, -0.1) is 0 Å². The molecule has 0 spiro atoms. The zero-order chi connectivity index (χ0) is 15.1. The van der Waals surface area contributed by atoms with Gasteiger partial charge >= 0.3 is 0 Å². The number of hydrogen-bond donors (Lipinski definition) is 2. The predicted molar refractivity (Wildman–Crippen MR) is 86.7 cm³/mol. The minimum Gasteiger partial charge on any atom is -0.492 e. The standard InChI is InChI=1S/C15H16BrN3O2/c1-11(20)19-13-3-2-4-14(9-13)21-8-7-17-15-6-5-12(16)10-18-15/h2-6,9-10H,7-8H2,1H3,(H,17,18)(H,19,20). The number of rotatable bonds is 6. The summed E-state index contributed by atoms with van der Waals surface area (Å²) in [5.74, 6) is 1.41. The number of aromatic nitrogens is 1. The molecule has 0 aliphatic heterocycles. The molecule has 2 N–H and O–H groups in total. The lowest BCUT2D eigenvalue weighted by atomic mass is 10.3. The van der Waals surface area contributed by atoms with Crippen LogP contribution in [0.2, 0.25) is 0 Å². The number of carbonyl (C=O) groups excluding carboxylic acids is 1. The SMILES string of the molecule is CC(=O)Nc1cccc(OCCNc2ccc(Br)cn2)c1. The lowest BCUT2D eigenvalue weighted by Gasteiger charge is -2.09. The molecule has 5 nitrogen and oxygen atoms in total. The van der Waals surface area contributed by atoms with Crippen LogP contribution in [0.25, 0.3) is 0 Å². The number of benzene rings is 1. The molecule has 6 heteroatoms. The third-order valence-corrected chi connectivity index (χ3v) is 3.03. The van der Waals surface area contributed by atoms with Gasteiger partial charge in [0.1, 0.15) is 18.2 Å². The molecular weight excluding hydrogens is 334 g/mol. The molecule has 0 radical (unpaired) electrons. The smallest absolute Gasteiger partial charge is 0.221 e. The van der Waals surface area contributed by atoms with Crippen LogP contribution in [-0.2, 0) is 4.79 Å². The number of ether oxygens (including phenoxy) is 1. The van der Waals surface area contributed by atoms with Gasteiger partial charge in [0.2, 0.25) is 5.91 Å². The summed E-state index contributed by atoms with van der Waals surface area (Å²) in [6.45, 7) is 2.61. The second-order valence-electron chi connectivity index (χ2n) is 4.35. The minimum absolute atomic E-state index is 0.102. The van der Waals surface area contributed by atoms with E-state index in [1.165, 1.54) is 6.92 Å². The van der Waals surface area contributed by atoms with Crippen LogP contribution in [0.4, 0.5) is 11.5 Å². The number of nitrogens with zero attached hydrogens (tertiary/aromatic N) is 1. The van der Waals surface area contributed by atoms with Gasteiger partial charge < -0.3 is 15.4 Å². The summed E-state index contributed by atoms with van der Waals surface area (Å²) in [6, 6.07) is 11.1. The molecule has 2 aromatic rings. The highest BCUT2D eigenvalue weighted by atomic mass is 79.9. The molecule has 1 aromatic carbocycles. The second kappa shape index (κ2) is 7.64. The van der Waals surface area contributed by atoms with E-state index >= 15 is 0 Å². The van der Waals surface area contributed by atoms with Crippen molar-refractivity contribution in [1.82, 2.24) is 4.98 Å². The van der Waals surface area contributed by atoms with Crippen molar-refractivity contribution in [1.29, 1.82) is 0 Å². The fourth-order valence-electron chi connectivity index (χ4n) is 1.70. The van der Waals surface area contributed by atoms with Crippen molar-refractivity contribution in [2.24, 2.45) is 0 Å². The van der Waals surface area contributed by atoms with Crippen LogP contribution >= 0.6 is 15.9 Å². The van der Waals surface area contributed by atoms with E-state index in [1.807, 2.05) is 30.3 Å². The van der Waals surface area contributed by atoms with Crippen LogP contribution < -0.4 is 15.4 Å². The summed E-state index contributed by atoms with van der Waals surface area (Å²) in [7, 11) is 0. The Bertz CT molecular complexity index is 602. The molecule has 0 saturated carbocycles. The van der Waals surface area contributed by atoms with Gasteiger partial charge in [0, 0.05) is 29.3 Å². The Morgan fingerprint density at radius 2 is 2.19 bits per heavy atom. The highest BCUT2D eigenvalue weighted by Crippen LogP contribution is 2.17. The molecule has 0 unspecified atom stereocenters. The second-order valence-corrected chi connectivity index (χ2v) is 5.26. The minimum atomic E-state index is -0.102. The van der Waals surface area contributed by atoms with Crippen molar-refractivity contribution in [2.45, 2.75) is 6.92 Å². The van der Waals surface area contributed by atoms with E-state index in [4.69, 9.17) is 4.74 Å². The van der Waals surface area contributed by atoms with Crippen molar-refractivity contribution in [3.8, 4) is 5.75 Å².